The van der Waals surface area contributed by atoms with E-state index in [0.717, 1.165) is 44.5 Å². The Morgan fingerprint density at radius 1 is 0.692 bits per heavy atom. The minimum Gasteiger partial charge on any atom is -0.501 e. The van der Waals surface area contributed by atoms with E-state index in [4.69, 9.17) is 9.40 Å². The zero-order chi connectivity index (χ0) is 36.2. The van der Waals surface area contributed by atoms with Gasteiger partial charge in [0.25, 0.3) is 0 Å². The minimum atomic E-state index is -0.0353. The number of benzene rings is 4. The predicted molar refractivity (Wildman–Crippen MR) is 217 cm³/mol. The minimum absolute atomic E-state index is 0. The van der Waals surface area contributed by atoms with Gasteiger partial charge in [-0.3, -0.25) is 0 Å². The van der Waals surface area contributed by atoms with E-state index in [-0.39, 0.29) is 25.5 Å². The van der Waals surface area contributed by atoms with Crippen LogP contribution < -0.4 is 0 Å². The number of fused-ring (bicyclic) bond motifs is 4. The van der Waals surface area contributed by atoms with E-state index < -0.39 is 0 Å². The van der Waals surface area contributed by atoms with E-state index in [1.807, 2.05) is 35.9 Å². The van der Waals surface area contributed by atoms with Crippen LogP contribution in [0.15, 0.2) is 89.6 Å². The Morgan fingerprint density at radius 2 is 1.42 bits per heavy atom. The molecule has 8 aromatic rings. The van der Waals surface area contributed by atoms with Gasteiger partial charge in [-0.25, -0.2) is 0 Å². The molecule has 0 aliphatic carbocycles. The Morgan fingerprint density at radius 3 is 2.10 bits per heavy atom. The van der Waals surface area contributed by atoms with Crippen LogP contribution in [-0.4, -0.2) is 9.97 Å². The van der Waals surface area contributed by atoms with Crippen LogP contribution in [0.25, 0.3) is 65.7 Å². The molecule has 0 saturated carbocycles. The summed E-state index contributed by atoms with van der Waals surface area (Å²) in [4.78, 5) is 10.7. The summed E-state index contributed by atoms with van der Waals surface area (Å²) in [7, 11) is 0. The van der Waals surface area contributed by atoms with Gasteiger partial charge < -0.3 is 14.4 Å². The zero-order valence-corrected chi connectivity index (χ0v) is 34.8. The summed E-state index contributed by atoms with van der Waals surface area (Å²) < 4.78 is 7.84. The molecule has 0 aliphatic rings. The van der Waals surface area contributed by atoms with Crippen molar-refractivity contribution in [3.8, 4) is 33.6 Å². The zero-order valence-electron chi connectivity index (χ0n) is 31.6. The molecule has 5 heteroatoms. The first-order valence-corrected chi connectivity index (χ1v) is 18.4. The molecule has 3 nitrogen and oxygen atoms in total. The number of nitrogens with zero attached hydrogens (tertiary/aromatic N) is 2. The first-order valence-electron chi connectivity index (χ1n) is 17.6. The van der Waals surface area contributed by atoms with Gasteiger partial charge in [0, 0.05) is 47.5 Å². The van der Waals surface area contributed by atoms with Crippen LogP contribution in [0.4, 0.5) is 0 Å². The molecule has 52 heavy (non-hydrogen) atoms. The summed E-state index contributed by atoms with van der Waals surface area (Å²) in [6.45, 7) is 21.8. The van der Waals surface area contributed by atoms with Gasteiger partial charge in [0.1, 0.15) is 5.58 Å². The van der Waals surface area contributed by atoms with E-state index in [1.54, 1.807) is 0 Å². The Kier molecular flexibility index (Phi) is 10.4. The van der Waals surface area contributed by atoms with E-state index >= 15 is 0 Å². The molecule has 0 bridgehead atoms. The molecule has 8 rings (SSSR count). The van der Waals surface area contributed by atoms with Crippen molar-refractivity contribution >= 4 is 43.4 Å². The Balaban J connectivity index is 0.000000244. The van der Waals surface area contributed by atoms with Gasteiger partial charge in [-0.2, -0.15) is 0 Å². The average molecular weight is 877 g/mol. The average Bonchev–Trinajstić information content (AvgIpc) is 3.60. The fourth-order valence-electron chi connectivity index (χ4n) is 6.84. The fraction of sp³-hybridized carbons (Fsp3) is 0.234. The molecule has 265 valence electrons. The molecule has 4 aromatic carbocycles. The van der Waals surface area contributed by atoms with Crippen molar-refractivity contribution in [1.82, 2.24) is 9.97 Å². The van der Waals surface area contributed by atoms with Crippen LogP contribution in [-0.2, 0) is 25.5 Å². The summed E-state index contributed by atoms with van der Waals surface area (Å²) in [5, 5.41) is 3.54. The number of pyridine rings is 2. The number of rotatable bonds is 3. The van der Waals surface area contributed by atoms with Crippen molar-refractivity contribution in [3.63, 3.8) is 0 Å². The van der Waals surface area contributed by atoms with Crippen molar-refractivity contribution in [2.24, 2.45) is 0 Å². The maximum absolute atomic E-state index is 6.53. The summed E-state index contributed by atoms with van der Waals surface area (Å²) in [6, 6.07) is 32.3. The second kappa shape index (κ2) is 14.5. The van der Waals surface area contributed by atoms with E-state index in [1.165, 1.54) is 65.0 Å². The third-order valence-electron chi connectivity index (χ3n) is 10.1. The van der Waals surface area contributed by atoms with Gasteiger partial charge in [0.2, 0.25) is 0 Å². The summed E-state index contributed by atoms with van der Waals surface area (Å²) in [6.07, 6.45) is 3.96. The fourth-order valence-corrected chi connectivity index (χ4v) is 7.93. The molecule has 0 fully saturated rings. The van der Waals surface area contributed by atoms with Crippen molar-refractivity contribution in [3.05, 3.63) is 141 Å². The summed E-state index contributed by atoms with van der Waals surface area (Å²) >= 11 is 1.85. The maximum Gasteiger partial charge on any atom is 0.121 e. The third kappa shape index (κ3) is 7.03. The largest absolute Gasteiger partial charge is 0.501 e. The van der Waals surface area contributed by atoms with Gasteiger partial charge in [-0.15, -0.1) is 64.9 Å². The Labute approximate surface area is 325 Å². The Bertz CT molecular complexity index is 2560. The molecule has 0 spiro atoms. The molecule has 0 saturated heterocycles. The molecule has 0 atom stereocenters. The van der Waals surface area contributed by atoms with Crippen LogP contribution in [0, 0.1) is 60.6 Å². The molecule has 0 aliphatic heterocycles. The van der Waals surface area contributed by atoms with E-state index in [2.05, 4.69) is 147 Å². The second-order valence-electron chi connectivity index (χ2n) is 14.9. The van der Waals surface area contributed by atoms with Crippen LogP contribution in [0.3, 0.4) is 0 Å². The van der Waals surface area contributed by atoms with Crippen molar-refractivity contribution in [1.29, 1.82) is 0 Å². The van der Waals surface area contributed by atoms with Crippen LogP contribution in [0.5, 0.6) is 0 Å². The van der Waals surface area contributed by atoms with Gasteiger partial charge in [0.05, 0.1) is 5.58 Å². The number of hydrogen-bond donors (Lipinski definition) is 0. The summed E-state index contributed by atoms with van der Waals surface area (Å²) in [5.41, 5.74) is 17.0. The first-order chi connectivity index (χ1) is 24.3. The molecule has 4 aromatic heterocycles. The second-order valence-corrected chi connectivity index (χ2v) is 16.1. The van der Waals surface area contributed by atoms with Crippen molar-refractivity contribution in [2.75, 3.05) is 0 Å². The van der Waals surface area contributed by atoms with E-state index in [0.29, 0.717) is 0 Å². The molecular formula is C47H44IrN2OS-2. The third-order valence-corrected chi connectivity index (χ3v) is 11.2. The number of thiophene rings is 1. The molecule has 1 radical (unpaired) electrons. The monoisotopic (exact) mass is 877 g/mol. The molecule has 0 unspecified atom stereocenters. The molecular weight excluding hydrogens is 833 g/mol. The molecule has 4 heterocycles. The van der Waals surface area contributed by atoms with Gasteiger partial charge in [-0.1, -0.05) is 74.5 Å². The topological polar surface area (TPSA) is 38.9 Å². The SMILES string of the molecule is Cc1c[c-]c(-c2cc(C)c(C)cn2)cc1.Cc1cccc(C)c1-c1cc(-c2[c-]ccc3c2oc2cc4c(C)c(C)sc4cc23)ncc1C(C)(C)C.[Ir]. The van der Waals surface area contributed by atoms with Crippen LogP contribution >= 0.6 is 11.3 Å². The normalized spacial score (nSPS) is 11.5. The number of furan rings is 1. The number of aryl methyl sites for hydroxylation is 7. The van der Waals surface area contributed by atoms with Crippen LogP contribution in [0.1, 0.15) is 64.6 Å². The number of hydrogen-bond acceptors (Lipinski definition) is 4. The van der Waals surface area contributed by atoms with Crippen molar-refractivity contribution in [2.45, 2.75) is 74.7 Å². The maximum atomic E-state index is 6.53. The summed E-state index contributed by atoms with van der Waals surface area (Å²) in [5.74, 6) is 0. The van der Waals surface area contributed by atoms with Crippen molar-refractivity contribution < 1.29 is 24.5 Å². The standard InChI is InChI=1S/C33H30NOS.C14H14N.Ir/c1-18-10-8-11-19(2)31(18)26-14-28(34-17-27(26)33(5,6)7)23-13-9-12-22-25-16-30-24(20(3)21(4)36-30)15-29(25)35-32(22)23;1-10-4-6-13(7-5-10)14-8-11(2)12(3)9-15-14;/h8-12,14-17H,1-7H3;4-6,8-9H,1-3H3;/q2*-1;. The smallest absolute Gasteiger partial charge is 0.121 e. The van der Waals surface area contributed by atoms with E-state index in [9.17, 15) is 0 Å². The quantitative estimate of drug-likeness (QED) is 0.166. The molecule has 0 amide bonds. The van der Waals surface area contributed by atoms with Gasteiger partial charge in [0.15, 0.2) is 0 Å². The molecule has 0 N–H and O–H groups in total. The van der Waals surface area contributed by atoms with Gasteiger partial charge in [-0.05, 0) is 115 Å². The predicted octanol–water partition coefficient (Wildman–Crippen LogP) is 13.3. The Hall–Kier alpha value is -4.41. The van der Waals surface area contributed by atoms with Gasteiger partial charge >= 0.3 is 0 Å². The van der Waals surface area contributed by atoms with Crippen LogP contribution in [0.2, 0.25) is 0 Å². The number of aromatic nitrogens is 2. The first kappa shape index (κ1) is 37.3.